The number of carbonyl (C=O) groups is 1. The second-order valence-electron chi connectivity index (χ2n) is 9.45. The van der Waals surface area contributed by atoms with Crippen LogP contribution in [0.15, 0.2) is 66.9 Å². The zero-order chi connectivity index (χ0) is 24.2. The van der Waals surface area contributed by atoms with Crippen molar-refractivity contribution < 1.29 is 4.79 Å². The Labute approximate surface area is 206 Å². The van der Waals surface area contributed by atoms with Crippen molar-refractivity contribution in [3.8, 4) is 11.3 Å². The maximum atomic E-state index is 13.0. The summed E-state index contributed by atoms with van der Waals surface area (Å²) in [7, 11) is 0. The van der Waals surface area contributed by atoms with Crippen molar-refractivity contribution in [3.05, 3.63) is 89.1 Å². The van der Waals surface area contributed by atoms with Gasteiger partial charge in [-0.2, -0.15) is 0 Å². The van der Waals surface area contributed by atoms with E-state index < -0.39 is 0 Å². The fourth-order valence-corrected chi connectivity index (χ4v) is 4.94. The molecule has 5 rings (SSSR count). The number of amides is 1. The van der Waals surface area contributed by atoms with Crippen molar-refractivity contribution in [3.63, 3.8) is 0 Å². The number of pyridine rings is 1. The summed E-state index contributed by atoms with van der Waals surface area (Å²) in [5.41, 5.74) is 12.4. The lowest BCUT2D eigenvalue weighted by atomic mass is 9.95. The minimum absolute atomic E-state index is 0.118. The van der Waals surface area contributed by atoms with Gasteiger partial charge >= 0.3 is 0 Å². The van der Waals surface area contributed by atoms with Gasteiger partial charge in [0, 0.05) is 36.5 Å². The van der Waals surface area contributed by atoms with Crippen LogP contribution in [0, 0.1) is 6.92 Å². The summed E-state index contributed by atoms with van der Waals surface area (Å²) in [6.07, 6.45) is 8.13. The number of nitrogens with two attached hydrogens (primary N) is 1. The van der Waals surface area contributed by atoms with Crippen LogP contribution in [0.1, 0.15) is 59.2 Å². The Balaban J connectivity index is 1.44. The van der Waals surface area contributed by atoms with E-state index in [-0.39, 0.29) is 5.91 Å². The maximum absolute atomic E-state index is 13.0. The van der Waals surface area contributed by atoms with Gasteiger partial charge in [-0.1, -0.05) is 67.8 Å². The topological polar surface area (TPSA) is 84.5 Å². The summed E-state index contributed by atoms with van der Waals surface area (Å²) < 4.78 is 2.08. The van der Waals surface area contributed by atoms with Gasteiger partial charge in [-0.05, 0) is 48.6 Å². The normalized spacial score (nSPS) is 14.2. The molecule has 0 saturated heterocycles. The largest absolute Gasteiger partial charge is 0.367 e. The fourth-order valence-electron chi connectivity index (χ4n) is 4.94. The van der Waals surface area contributed by atoms with E-state index in [0.29, 0.717) is 24.7 Å². The second-order valence-corrected chi connectivity index (χ2v) is 9.45. The van der Waals surface area contributed by atoms with Gasteiger partial charge in [0.25, 0.3) is 5.91 Å². The monoisotopic (exact) mass is 467 g/mol. The molecule has 2 aromatic carbocycles. The molecule has 35 heavy (non-hydrogen) atoms. The zero-order valence-electron chi connectivity index (χ0n) is 20.3. The second kappa shape index (κ2) is 10.3. The van der Waals surface area contributed by atoms with Gasteiger partial charge in [0.05, 0.1) is 0 Å². The maximum Gasteiger partial charge on any atom is 0.251 e. The molecular formula is C29H33N5O. The van der Waals surface area contributed by atoms with Crippen LogP contribution in [0.25, 0.3) is 16.9 Å². The van der Waals surface area contributed by atoms with Crippen molar-refractivity contribution in [1.29, 1.82) is 0 Å². The van der Waals surface area contributed by atoms with Crippen molar-refractivity contribution in [1.82, 2.24) is 14.7 Å². The first-order chi connectivity index (χ1) is 17.1. The third kappa shape index (κ3) is 5.08. The molecule has 0 radical (unpaired) electrons. The summed E-state index contributed by atoms with van der Waals surface area (Å²) in [4.78, 5) is 18.0. The van der Waals surface area contributed by atoms with Crippen molar-refractivity contribution in [2.24, 2.45) is 5.73 Å². The number of hydrogen-bond donors (Lipinski definition) is 3. The van der Waals surface area contributed by atoms with Gasteiger partial charge in [0.15, 0.2) is 0 Å². The standard InChI is InChI=1S/C29H33N5O/c1-20-8-5-6-13-25(20)27-28(32-24-11-3-2-4-12-24)34-15-14-23(17-26(34)33-27)29(35)31-19-22-10-7-9-21(16-22)18-30/h5-10,13-17,24,32H,2-4,11-12,18-19,30H2,1H3,(H,31,35). The first kappa shape index (κ1) is 23.1. The molecule has 0 bridgehead atoms. The molecule has 0 aliphatic heterocycles. The Kier molecular flexibility index (Phi) is 6.82. The number of aryl methyl sites for hydroxylation is 1. The molecule has 4 N–H and O–H groups in total. The molecule has 2 heterocycles. The van der Waals surface area contributed by atoms with Gasteiger partial charge in [0.2, 0.25) is 0 Å². The van der Waals surface area contributed by atoms with Crippen LogP contribution in [0.4, 0.5) is 5.82 Å². The summed E-state index contributed by atoms with van der Waals surface area (Å²) in [5, 5.41) is 6.82. The minimum Gasteiger partial charge on any atom is -0.367 e. The molecule has 4 aromatic rings. The lowest BCUT2D eigenvalue weighted by Gasteiger charge is -2.24. The number of aromatic nitrogens is 2. The smallest absolute Gasteiger partial charge is 0.251 e. The van der Waals surface area contributed by atoms with Crippen LogP contribution in [-0.4, -0.2) is 21.3 Å². The molecule has 6 nitrogen and oxygen atoms in total. The predicted molar refractivity (Wildman–Crippen MR) is 141 cm³/mol. The van der Waals surface area contributed by atoms with Gasteiger partial charge in [-0.25, -0.2) is 4.98 Å². The highest BCUT2D eigenvalue weighted by molar-refractivity contribution is 5.95. The van der Waals surface area contributed by atoms with Crippen LogP contribution < -0.4 is 16.4 Å². The molecule has 1 aliphatic rings. The quantitative estimate of drug-likeness (QED) is 0.338. The predicted octanol–water partition coefficient (Wildman–Crippen LogP) is 5.44. The van der Waals surface area contributed by atoms with Crippen molar-refractivity contribution in [2.45, 2.75) is 58.2 Å². The van der Waals surface area contributed by atoms with Crippen LogP contribution in [0.2, 0.25) is 0 Å². The van der Waals surface area contributed by atoms with E-state index in [1.165, 1.54) is 37.7 Å². The van der Waals surface area contributed by atoms with E-state index in [1.807, 2.05) is 42.6 Å². The first-order valence-corrected chi connectivity index (χ1v) is 12.5. The molecule has 1 saturated carbocycles. The lowest BCUT2D eigenvalue weighted by Crippen LogP contribution is -2.24. The van der Waals surface area contributed by atoms with E-state index in [1.54, 1.807) is 0 Å². The Bertz CT molecular complexity index is 1340. The van der Waals surface area contributed by atoms with E-state index >= 15 is 0 Å². The molecule has 2 aromatic heterocycles. The number of rotatable bonds is 7. The molecular weight excluding hydrogens is 434 g/mol. The van der Waals surface area contributed by atoms with Gasteiger partial charge in [-0.15, -0.1) is 0 Å². The van der Waals surface area contributed by atoms with Crippen LogP contribution in [0.3, 0.4) is 0 Å². The van der Waals surface area contributed by atoms with E-state index in [2.05, 4.69) is 46.2 Å². The molecule has 0 spiro atoms. The number of carbonyl (C=O) groups excluding carboxylic acids is 1. The SMILES string of the molecule is Cc1ccccc1-c1nc2cc(C(=O)NCc3cccc(CN)c3)ccn2c1NC1CCCCC1. The minimum atomic E-state index is -0.118. The Morgan fingerprint density at radius 2 is 1.83 bits per heavy atom. The van der Waals surface area contributed by atoms with Crippen LogP contribution in [0.5, 0.6) is 0 Å². The van der Waals surface area contributed by atoms with Crippen LogP contribution >= 0.6 is 0 Å². The lowest BCUT2D eigenvalue weighted by molar-refractivity contribution is 0.0951. The average Bonchev–Trinajstić information content (AvgIpc) is 3.25. The number of imidazole rings is 1. The Morgan fingerprint density at radius 1 is 1.03 bits per heavy atom. The number of benzene rings is 2. The first-order valence-electron chi connectivity index (χ1n) is 12.5. The number of anilines is 1. The number of fused-ring (bicyclic) bond motifs is 1. The van der Waals surface area contributed by atoms with E-state index in [4.69, 9.17) is 10.7 Å². The molecule has 180 valence electrons. The average molecular weight is 468 g/mol. The summed E-state index contributed by atoms with van der Waals surface area (Å²) >= 11 is 0. The third-order valence-electron chi connectivity index (χ3n) is 6.91. The summed E-state index contributed by atoms with van der Waals surface area (Å²) in [6.45, 7) is 3.05. The Morgan fingerprint density at radius 3 is 2.63 bits per heavy atom. The van der Waals surface area contributed by atoms with Gasteiger partial charge in [-0.3, -0.25) is 9.20 Å². The third-order valence-corrected chi connectivity index (χ3v) is 6.91. The molecule has 0 atom stereocenters. The van der Waals surface area contributed by atoms with E-state index in [0.717, 1.165) is 33.8 Å². The van der Waals surface area contributed by atoms with Crippen LogP contribution in [-0.2, 0) is 13.1 Å². The van der Waals surface area contributed by atoms with Crippen molar-refractivity contribution in [2.75, 3.05) is 5.32 Å². The number of hydrogen-bond acceptors (Lipinski definition) is 4. The molecule has 6 heteroatoms. The Hall–Kier alpha value is -3.64. The summed E-state index contributed by atoms with van der Waals surface area (Å²) in [6, 6.07) is 20.5. The highest BCUT2D eigenvalue weighted by Gasteiger charge is 2.21. The molecule has 1 amide bonds. The van der Waals surface area contributed by atoms with E-state index in [9.17, 15) is 4.79 Å². The molecule has 0 unspecified atom stereocenters. The summed E-state index contributed by atoms with van der Waals surface area (Å²) in [5.74, 6) is 0.889. The fraction of sp³-hybridized carbons (Fsp3) is 0.310. The highest BCUT2D eigenvalue weighted by Crippen LogP contribution is 2.33. The van der Waals surface area contributed by atoms with Gasteiger partial charge in [0.1, 0.15) is 17.2 Å². The van der Waals surface area contributed by atoms with Crippen molar-refractivity contribution >= 4 is 17.4 Å². The zero-order valence-corrected chi connectivity index (χ0v) is 20.3. The molecule has 1 aliphatic carbocycles. The number of nitrogens with one attached hydrogen (secondary N) is 2. The number of nitrogens with zero attached hydrogens (tertiary/aromatic N) is 2. The van der Waals surface area contributed by atoms with Gasteiger partial charge < -0.3 is 16.4 Å². The highest BCUT2D eigenvalue weighted by atomic mass is 16.1. The molecule has 1 fully saturated rings.